The Morgan fingerprint density at radius 3 is 2.23 bits per heavy atom. The van der Waals surface area contributed by atoms with E-state index in [0.717, 1.165) is 0 Å². The monoisotopic (exact) mass is 543 g/mol. The summed E-state index contributed by atoms with van der Waals surface area (Å²) >= 11 is 0. The number of fused-ring (bicyclic) bond motifs is 1. The minimum absolute atomic E-state index is 0.0629. The molecule has 0 fully saturated rings. The van der Waals surface area contributed by atoms with Gasteiger partial charge in [-0.05, 0) is 62.2 Å². The Kier molecular flexibility index (Phi) is 8.03. The van der Waals surface area contributed by atoms with Crippen LogP contribution in [0.3, 0.4) is 0 Å². The molecule has 1 heterocycles. The van der Waals surface area contributed by atoms with E-state index in [2.05, 4.69) is 4.99 Å². The van der Waals surface area contributed by atoms with Gasteiger partial charge in [0.25, 0.3) is 0 Å². The fraction of sp³-hybridized carbons (Fsp3) is 0.241. The van der Waals surface area contributed by atoms with Crippen molar-refractivity contribution in [3.63, 3.8) is 0 Å². The lowest BCUT2D eigenvalue weighted by molar-refractivity contribution is 0.317. The maximum absolute atomic E-state index is 14.8. The lowest BCUT2D eigenvalue weighted by Gasteiger charge is -2.30. The van der Waals surface area contributed by atoms with E-state index >= 15 is 0 Å². The van der Waals surface area contributed by atoms with Gasteiger partial charge in [0, 0.05) is 40.7 Å². The van der Waals surface area contributed by atoms with Gasteiger partial charge in [-0.3, -0.25) is 10.4 Å². The highest BCUT2D eigenvalue weighted by atomic mass is 19.2. The molecule has 0 aromatic heterocycles. The van der Waals surface area contributed by atoms with Crippen LogP contribution in [0, 0.1) is 34.5 Å². The molecule has 10 heteroatoms. The summed E-state index contributed by atoms with van der Waals surface area (Å²) in [5.74, 6) is -9.52. The highest BCUT2D eigenvalue weighted by Crippen LogP contribution is 2.51. The van der Waals surface area contributed by atoms with Gasteiger partial charge in [-0.1, -0.05) is 18.2 Å². The number of anilines is 1. The lowest BCUT2D eigenvalue weighted by atomic mass is 9.76. The molecule has 39 heavy (non-hydrogen) atoms. The number of likely N-dealkylation sites (N-methyl/N-ethyl adjacent to an activating group) is 1. The summed E-state index contributed by atoms with van der Waals surface area (Å²) in [6.45, 7) is 3.81. The van der Waals surface area contributed by atoms with Crippen LogP contribution in [0.15, 0.2) is 65.3 Å². The molecule has 0 radical (unpaired) electrons. The van der Waals surface area contributed by atoms with Gasteiger partial charge < -0.3 is 14.4 Å². The largest absolute Gasteiger partial charge is 0.497 e. The number of methoxy groups -OCH3 is 1. The molecule has 0 spiro atoms. The Morgan fingerprint density at radius 1 is 0.974 bits per heavy atom. The van der Waals surface area contributed by atoms with Crippen LogP contribution in [0.1, 0.15) is 30.5 Å². The molecule has 1 N–H and O–H groups in total. The zero-order valence-corrected chi connectivity index (χ0v) is 21.5. The Labute approximate surface area is 222 Å². The molecular formula is C29H26F5N3O2. The molecule has 1 aliphatic rings. The van der Waals surface area contributed by atoms with Gasteiger partial charge in [0.1, 0.15) is 5.75 Å². The van der Waals surface area contributed by atoms with E-state index in [4.69, 9.17) is 14.9 Å². The second-order valence-corrected chi connectivity index (χ2v) is 9.04. The number of benzene rings is 3. The lowest BCUT2D eigenvalue weighted by Crippen LogP contribution is -2.32. The van der Waals surface area contributed by atoms with E-state index in [9.17, 15) is 22.0 Å². The van der Waals surface area contributed by atoms with E-state index in [0.29, 0.717) is 34.8 Å². The topological polar surface area (TPSA) is 57.9 Å². The number of allylic oxidation sites excluding steroid dienone is 2. The number of ether oxygens (including phenoxy) is 2. The quantitative estimate of drug-likeness (QED) is 0.113. The number of hydrogen-bond donors (Lipinski definition) is 1. The van der Waals surface area contributed by atoms with Crippen LogP contribution in [-0.4, -0.2) is 32.5 Å². The summed E-state index contributed by atoms with van der Waals surface area (Å²) in [5.41, 5.74) is 0.267. The van der Waals surface area contributed by atoms with E-state index < -0.39 is 46.5 Å². The Morgan fingerprint density at radius 2 is 1.62 bits per heavy atom. The van der Waals surface area contributed by atoms with Crippen molar-refractivity contribution in [3.8, 4) is 5.75 Å². The van der Waals surface area contributed by atoms with Gasteiger partial charge >= 0.3 is 0 Å². The first-order valence-corrected chi connectivity index (χ1v) is 12.1. The zero-order valence-electron chi connectivity index (χ0n) is 21.5. The van der Waals surface area contributed by atoms with Crippen LogP contribution in [0.5, 0.6) is 5.75 Å². The van der Waals surface area contributed by atoms with Crippen LogP contribution in [0.4, 0.5) is 27.6 Å². The molecule has 4 rings (SSSR count). The molecule has 5 nitrogen and oxygen atoms in total. The molecule has 0 amide bonds. The summed E-state index contributed by atoms with van der Waals surface area (Å²) in [6.07, 6.45) is 2.51. The second-order valence-electron chi connectivity index (χ2n) is 9.04. The van der Waals surface area contributed by atoms with Gasteiger partial charge in [0.15, 0.2) is 30.0 Å². The minimum Gasteiger partial charge on any atom is -0.497 e. The van der Waals surface area contributed by atoms with Gasteiger partial charge in [0.05, 0.1) is 7.11 Å². The van der Waals surface area contributed by atoms with Crippen molar-refractivity contribution in [3.05, 3.63) is 106 Å². The number of nitrogens with one attached hydrogen (secondary N) is 1. The highest BCUT2D eigenvalue weighted by Gasteiger charge is 2.45. The summed E-state index contributed by atoms with van der Waals surface area (Å²) in [5, 5.41) is 8.01. The van der Waals surface area contributed by atoms with Crippen molar-refractivity contribution >= 4 is 17.8 Å². The van der Waals surface area contributed by atoms with Gasteiger partial charge in [-0.25, -0.2) is 22.0 Å². The molecule has 1 atom stereocenters. The molecule has 1 aliphatic heterocycles. The van der Waals surface area contributed by atoms with Crippen LogP contribution in [-0.2, 0) is 16.6 Å². The minimum atomic E-state index is -2.20. The Hall–Kier alpha value is -4.21. The van der Waals surface area contributed by atoms with Crippen LogP contribution in [0.25, 0.3) is 0 Å². The summed E-state index contributed by atoms with van der Waals surface area (Å²) in [6, 6.07) is 14.0. The second kappa shape index (κ2) is 11.3. The van der Waals surface area contributed by atoms with Gasteiger partial charge in [0.2, 0.25) is 11.7 Å². The van der Waals surface area contributed by atoms with Crippen molar-refractivity contribution in [2.75, 3.05) is 25.3 Å². The summed E-state index contributed by atoms with van der Waals surface area (Å²) < 4.78 is 82.1. The standard InChI is InChI=1S/C29H26F5N3O2/c1-4-37-21-11-10-18(38-3)14-20(21)29(2,15-19-23(30)25(32)27(34)26(33)24(19)31)22(37)12-13-36-16-39-28(35)17-8-6-5-7-9-17/h5-14,35H,4,15-16H2,1-3H3/b22-12-,35-28?,36-13-. The maximum Gasteiger partial charge on any atom is 0.215 e. The zero-order chi connectivity index (χ0) is 28.3. The number of aliphatic imine (C=N–C) groups is 1. The smallest absolute Gasteiger partial charge is 0.215 e. The molecule has 3 aromatic rings. The third kappa shape index (κ3) is 5.10. The fourth-order valence-electron chi connectivity index (χ4n) is 4.79. The third-order valence-electron chi connectivity index (χ3n) is 6.75. The predicted molar refractivity (Wildman–Crippen MR) is 139 cm³/mol. The molecule has 1 unspecified atom stereocenters. The van der Waals surface area contributed by atoms with E-state index in [1.807, 2.05) is 17.9 Å². The molecule has 204 valence electrons. The number of halogens is 5. The van der Waals surface area contributed by atoms with Crippen molar-refractivity contribution < 1.29 is 31.4 Å². The van der Waals surface area contributed by atoms with E-state index in [1.54, 1.807) is 55.5 Å². The number of hydrogen-bond acceptors (Lipinski definition) is 5. The molecule has 0 saturated heterocycles. The first-order chi connectivity index (χ1) is 18.6. The van der Waals surface area contributed by atoms with Gasteiger partial charge in [-0.15, -0.1) is 0 Å². The van der Waals surface area contributed by atoms with Crippen LogP contribution >= 0.6 is 0 Å². The normalized spacial score (nSPS) is 17.6. The van der Waals surface area contributed by atoms with Crippen molar-refractivity contribution in [2.45, 2.75) is 25.7 Å². The maximum atomic E-state index is 14.8. The number of rotatable bonds is 8. The van der Waals surface area contributed by atoms with Crippen molar-refractivity contribution in [1.29, 1.82) is 5.41 Å². The summed E-state index contributed by atoms with van der Waals surface area (Å²) in [7, 11) is 1.46. The Balaban J connectivity index is 1.72. The molecule has 0 bridgehead atoms. The SMILES string of the molecule is CCN1/C(=C\C=N/COC(=N)c2ccccc2)C(C)(Cc2c(F)c(F)c(F)c(F)c2F)c2cc(OC)ccc21. The van der Waals surface area contributed by atoms with Crippen molar-refractivity contribution in [1.82, 2.24) is 0 Å². The van der Waals surface area contributed by atoms with Gasteiger partial charge in [-0.2, -0.15) is 0 Å². The summed E-state index contributed by atoms with van der Waals surface area (Å²) in [4.78, 5) is 6.05. The van der Waals surface area contributed by atoms with E-state index in [1.165, 1.54) is 13.3 Å². The van der Waals surface area contributed by atoms with Crippen LogP contribution < -0.4 is 9.64 Å². The Bertz CT molecular complexity index is 1430. The molecular weight excluding hydrogens is 517 g/mol. The highest BCUT2D eigenvalue weighted by molar-refractivity contribution is 5.91. The molecule has 0 saturated carbocycles. The average molecular weight is 544 g/mol. The number of nitrogens with zero attached hydrogens (tertiary/aromatic N) is 2. The average Bonchev–Trinajstić information content (AvgIpc) is 3.19. The predicted octanol–water partition coefficient (Wildman–Crippen LogP) is 6.69. The third-order valence-corrected chi connectivity index (χ3v) is 6.75. The van der Waals surface area contributed by atoms with Crippen molar-refractivity contribution in [2.24, 2.45) is 4.99 Å². The molecule has 0 aliphatic carbocycles. The fourth-order valence-corrected chi connectivity index (χ4v) is 4.79. The first-order valence-electron chi connectivity index (χ1n) is 12.1. The molecule has 3 aromatic carbocycles. The van der Waals surface area contributed by atoms with Crippen LogP contribution in [0.2, 0.25) is 0 Å². The van der Waals surface area contributed by atoms with E-state index in [-0.39, 0.29) is 12.6 Å². The first kappa shape index (κ1) is 27.8.